The van der Waals surface area contributed by atoms with Gasteiger partial charge in [0.05, 0.1) is 0 Å². The zero-order valence-electron chi connectivity index (χ0n) is 14.1. The molecule has 0 radical (unpaired) electrons. The predicted octanol–water partition coefficient (Wildman–Crippen LogP) is 5.37. The third-order valence-electron chi connectivity index (χ3n) is 4.11. The van der Waals surface area contributed by atoms with Gasteiger partial charge in [-0.1, -0.05) is 0 Å². The Morgan fingerprint density at radius 2 is 1.29 bits per heavy atom. The van der Waals surface area contributed by atoms with Crippen molar-refractivity contribution < 1.29 is 0 Å². The number of hydrogen-bond donors (Lipinski definition) is 0. The summed E-state index contributed by atoms with van der Waals surface area (Å²) in [6.45, 7) is 0. The van der Waals surface area contributed by atoms with E-state index in [9.17, 15) is 0 Å². The summed E-state index contributed by atoms with van der Waals surface area (Å²) in [6, 6.07) is 0. The van der Waals surface area contributed by atoms with Crippen LogP contribution in [-0.2, 0) is 0 Å². The molecular weight excluding hydrogens is 449 g/mol. The van der Waals surface area contributed by atoms with E-state index in [4.69, 9.17) is 0 Å². The fourth-order valence-electron chi connectivity index (χ4n) is 2.51. The molecule has 0 aromatic heterocycles. The lowest BCUT2D eigenvalue weighted by molar-refractivity contribution is 0.839. The van der Waals surface area contributed by atoms with E-state index < -0.39 is 0 Å². The molecule has 0 N–H and O–H groups in total. The van der Waals surface area contributed by atoms with Gasteiger partial charge in [0.25, 0.3) is 0 Å². The molecule has 0 saturated carbocycles. The van der Waals surface area contributed by atoms with Gasteiger partial charge in [0.1, 0.15) is 0 Å². The van der Waals surface area contributed by atoms with Gasteiger partial charge in [-0.25, -0.2) is 0 Å². The molecular formula is C16H28S8. The molecule has 140 valence electrons. The maximum Gasteiger partial charge on any atom is 0.0431 e. The normalized spacial score (nSPS) is 24.5. The van der Waals surface area contributed by atoms with E-state index in [2.05, 4.69) is 94.1 Å². The number of hydrogen-bond acceptors (Lipinski definition) is 8. The van der Waals surface area contributed by atoms with E-state index in [1.54, 1.807) is 0 Å². The second kappa shape index (κ2) is 12.4. The van der Waals surface area contributed by atoms with Crippen molar-refractivity contribution in [3.05, 3.63) is 0 Å². The number of rotatable bonds is 12. The lowest BCUT2D eigenvalue weighted by Crippen LogP contribution is -2.38. The zero-order valence-corrected chi connectivity index (χ0v) is 20.6. The van der Waals surface area contributed by atoms with Crippen molar-refractivity contribution in [1.29, 1.82) is 0 Å². The van der Waals surface area contributed by atoms with E-state index in [-0.39, 0.29) is 0 Å². The van der Waals surface area contributed by atoms with Crippen LogP contribution in [-0.4, -0.2) is 90.0 Å². The Morgan fingerprint density at radius 3 is 1.71 bits per heavy atom. The highest BCUT2D eigenvalue weighted by Crippen LogP contribution is 2.40. The van der Waals surface area contributed by atoms with Crippen LogP contribution >= 0.6 is 94.1 Å². The second-order valence-corrected chi connectivity index (χ2v) is 16.1. The van der Waals surface area contributed by atoms with Gasteiger partial charge in [-0.2, -0.15) is 94.1 Å². The molecule has 0 unspecified atom stereocenters. The molecule has 8 heteroatoms. The minimum atomic E-state index is 0.562. The van der Waals surface area contributed by atoms with Crippen molar-refractivity contribution in [2.75, 3.05) is 74.8 Å². The first-order valence-electron chi connectivity index (χ1n) is 8.62. The van der Waals surface area contributed by atoms with Gasteiger partial charge in [0, 0.05) is 90.0 Å². The minimum absolute atomic E-state index is 0.562. The molecule has 24 heavy (non-hydrogen) atoms. The van der Waals surface area contributed by atoms with Crippen LogP contribution in [0, 0.1) is 0 Å². The molecule has 3 rings (SSSR count). The second-order valence-electron chi connectivity index (χ2n) is 6.25. The van der Waals surface area contributed by atoms with Gasteiger partial charge < -0.3 is 0 Å². The average Bonchev–Trinajstić information content (AvgIpc) is 2.51. The third kappa shape index (κ3) is 7.67. The van der Waals surface area contributed by atoms with Crippen molar-refractivity contribution in [2.45, 2.75) is 15.2 Å². The maximum absolute atomic E-state index is 2.29. The molecule has 0 aliphatic carbocycles. The van der Waals surface area contributed by atoms with Crippen LogP contribution in [0.3, 0.4) is 0 Å². The molecule has 3 heterocycles. The highest BCUT2D eigenvalue weighted by atomic mass is 32.2. The van der Waals surface area contributed by atoms with Crippen molar-refractivity contribution >= 4 is 94.1 Å². The Hall–Kier alpha value is 2.80. The summed E-state index contributed by atoms with van der Waals surface area (Å²) in [5.74, 6) is 17.9. The molecule has 3 aliphatic rings. The van der Waals surface area contributed by atoms with Gasteiger partial charge in [-0.15, -0.1) is 0 Å². The van der Waals surface area contributed by atoms with E-state index in [1.807, 2.05) is 0 Å². The highest BCUT2D eigenvalue weighted by molar-refractivity contribution is 8.11. The number of thioether (sulfide) groups is 8. The minimum Gasteiger partial charge on any atom is -0.160 e. The lowest BCUT2D eigenvalue weighted by Gasteiger charge is -2.36. The van der Waals surface area contributed by atoms with Gasteiger partial charge >= 0.3 is 0 Å². The molecule has 3 fully saturated rings. The van der Waals surface area contributed by atoms with Gasteiger partial charge in [-0.3, -0.25) is 0 Å². The molecule has 3 saturated heterocycles. The van der Waals surface area contributed by atoms with Gasteiger partial charge in [0.15, 0.2) is 0 Å². The fraction of sp³-hybridized carbons (Fsp3) is 1.00. The summed E-state index contributed by atoms with van der Waals surface area (Å²) < 4.78 is 0.562. The van der Waals surface area contributed by atoms with Crippen molar-refractivity contribution in [3.8, 4) is 0 Å². The summed E-state index contributed by atoms with van der Waals surface area (Å²) in [4.78, 5) is 0. The van der Waals surface area contributed by atoms with Crippen LogP contribution in [0.1, 0.15) is 0 Å². The summed E-state index contributed by atoms with van der Waals surface area (Å²) in [6.07, 6.45) is 0. The third-order valence-corrected chi connectivity index (χ3v) is 16.5. The summed E-state index contributed by atoms with van der Waals surface area (Å²) >= 11 is 17.6. The topological polar surface area (TPSA) is 0 Å². The smallest absolute Gasteiger partial charge is 0.0431 e. The quantitative estimate of drug-likeness (QED) is 0.340. The average molecular weight is 477 g/mol. The monoisotopic (exact) mass is 476 g/mol. The van der Waals surface area contributed by atoms with E-state index >= 15 is 0 Å². The van der Waals surface area contributed by atoms with Crippen molar-refractivity contribution in [1.82, 2.24) is 0 Å². The summed E-state index contributed by atoms with van der Waals surface area (Å²) in [5.41, 5.74) is 0. The molecule has 3 aliphatic heterocycles. The van der Waals surface area contributed by atoms with E-state index in [0.717, 1.165) is 10.5 Å². The highest BCUT2D eigenvalue weighted by Gasteiger charge is 2.33. The van der Waals surface area contributed by atoms with Crippen LogP contribution in [0.2, 0.25) is 0 Å². The summed E-state index contributed by atoms with van der Waals surface area (Å²) in [5, 5.41) is 1.96. The largest absolute Gasteiger partial charge is 0.160 e. The Balaban J connectivity index is 1.27. The van der Waals surface area contributed by atoms with Crippen molar-refractivity contribution in [2.24, 2.45) is 0 Å². The standard InChI is InChI=1S/C16H28S8/c1(4-22-14-7-20-8-14)17-11-16(13-19-3-6-24-16)12-18-2-5-23-15-9-21-10-15/h14-15H,1-13H2. The Kier molecular flexibility index (Phi) is 11.1. The molecule has 0 amide bonds. The molecule has 0 atom stereocenters. The predicted molar refractivity (Wildman–Crippen MR) is 134 cm³/mol. The van der Waals surface area contributed by atoms with Crippen LogP contribution < -0.4 is 0 Å². The van der Waals surface area contributed by atoms with Crippen LogP contribution in [0.15, 0.2) is 0 Å². The first kappa shape index (κ1) is 21.5. The van der Waals surface area contributed by atoms with Gasteiger partial charge in [-0.05, 0) is 0 Å². The fourth-order valence-corrected chi connectivity index (χ4v) is 14.0. The summed E-state index contributed by atoms with van der Waals surface area (Å²) in [7, 11) is 0. The van der Waals surface area contributed by atoms with Crippen LogP contribution in [0.4, 0.5) is 0 Å². The first-order valence-corrected chi connectivity index (χ1v) is 17.5. The van der Waals surface area contributed by atoms with Gasteiger partial charge in [0.2, 0.25) is 0 Å². The lowest BCUT2D eigenvalue weighted by atomic mass is 10.2. The SMILES string of the molecule is C(CSC1CSC1)SCC1(CSCCSC2CSC2)CSCCS1. The first-order chi connectivity index (χ1) is 11.9. The maximum atomic E-state index is 2.29. The van der Waals surface area contributed by atoms with Crippen molar-refractivity contribution in [3.63, 3.8) is 0 Å². The molecule has 0 bridgehead atoms. The molecule has 0 spiro atoms. The Morgan fingerprint density at radius 1 is 0.708 bits per heavy atom. The molecule has 0 aromatic carbocycles. The van der Waals surface area contributed by atoms with E-state index in [1.165, 1.54) is 74.8 Å². The molecule has 0 aromatic rings. The van der Waals surface area contributed by atoms with Crippen LogP contribution in [0.5, 0.6) is 0 Å². The zero-order chi connectivity index (χ0) is 16.5. The van der Waals surface area contributed by atoms with Crippen LogP contribution in [0.25, 0.3) is 0 Å². The Labute approximate surface area is 182 Å². The Bertz CT molecular complexity index is 313. The molecule has 0 nitrogen and oxygen atoms in total. The van der Waals surface area contributed by atoms with E-state index in [0.29, 0.717) is 4.75 Å².